The second kappa shape index (κ2) is 8.37. The molecule has 3 rings (SSSR count). The van der Waals surface area contributed by atoms with E-state index in [1.165, 1.54) is 0 Å². The third kappa shape index (κ3) is 4.37. The van der Waals surface area contributed by atoms with E-state index < -0.39 is 12.8 Å². The summed E-state index contributed by atoms with van der Waals surface area (Å²) >= 11 is 0. The van der Waals surface area contributed by atoms with Crippen LogP contribution in [0, 0.1) is 0 Å². The van der Waals surface area contributed by atoms with Gasteiger partial charge in [0.1, 0.15) is 12.9 Å². The molecule has 0 amide bonds. The Morgan fingerprint density at radius 3 is 2.00 bits per heavy atom. The van der Waals surface area contributed by atoms with Crippen molar-refractivity contribution >= 4 is 18.2 Å². The molecule has 0 N–H and O–H groups in total. The summed E-state index contributed by atoms with van der Waals surface area (Å²) in [4.78, 5) is 12.9. The summed E-state index contributed by atoms with van der Waals surface area (Å²) in [6, 6.07) is 26.1. The zero-order chi connectivity index (χ0) is 19.3. The van der Waals surface area contributed by atoms with Gasteiger partial charge in [0, 0.05) is 22.9 Å². The number of rotatable bonds is 7. The van der Waals surface area contributed by atoms with Gasteiger partial charge in [0.25, 0.3) is 0 Å². The Kier molecular flexibility index (Phi) is 5.93. The average molecular weight is 378 g/mol. The van der Waals surface area contributed by atoms with Crippen molar-refractivity contribution in [3.05, 3.63) is 96.1 Å². The SMILES string of the molecule is COc1ccc([C@H](CC(=O)c2ccccc2)P(C)(=O)c2ccccc2)cc1. The molecular weight excluding hydrogens is 355 g/mol. The van der Waals surface area contributed by atoms with Crippen LogP contribution in [0.4, 0.5) is 0 Å². The number of hydrogen-bond donors (Lipinski definition) is 0. The molecule has 0 aliphatic rings. The second-order valence-electron chi connectivity index (χ2n) is 6.61. The monoisotopic (exact) mass is 378 g/mol. The number of ketones is 1. The molecule has 138 valence electrons. The molecule has 0 heterocycles. The fraction of sp³-hybridized carbons (Fsp3) is 0.174. The van der Waals surface area contributed by atoms with Gasteiger partial charge in [-0.05, 0) is 24.4 Å². The fourth-order valence-electron chi connectivity index (χ4n) is 3.22. The smallest absolute Gasteiger partial charge is 0.163 e. The quantitative estimate of drug-likeness (QED) is 0.412. The molecule has 3 aromatic rings. The number of carbonyl (C=O) groups excluding carboxylic acids is 1. The zero-order valence-corrected chi connectivity index (χ0v) is 16.4. The molecular formula is C23H23O3P. The first-order chi connectivity index (χ1) is 13.0. The lowest BCUT2D eigenvalue weighted by Gasteiger charge is -2.25. The van der Waals surface area contributed by atoms with Gasteiger partial charge in [-0.25, -0.2) is 0 Å². The predicted octanol–water partition coefficient (Wildman–Crippen LogP) is 5.33. The Balaban J connectivity index is 2.00. The van der Waals surface area contributed by atoms with Crippen molar-refractivity contribution in [3.63, 3.8) is 0 Å². The third-order valence-electron chi connectivity index (χ3n) is 4.84. The van der Waals surface area contributed by atoms with Crippen LogP contribution in [0.25, 0.3) is 0 Å². The van der Waals surface area contributed by atoms with E-state index in [1.807, 2.05) is 72.8 Å². The lowest BCUT2D eigenvalue weighted by Crippen LogP contribution is -2.15. The van der Waals surface area contributed by atoms with Crippen LogP contribution in [0.2, 0.25) is 0 Å². The van der Waals surface area contributed by atoms with Crippen molar-refractivity contribution in [1.82, 2.24) is 0 Å². The molecule has 27 heavy (non-hydrogen) atoms. The highest BCUT2D eigenvalue weighted by Crippen LogP contribution is 2.57. The van der Waals surface area contributed by atoms with Crippen LogP contribution < -0.4 is 10.0 Å². The van der Waals surface area contributed by atoms with E-state index in [0.29, 0.717) is 5.56 Å². The van der Waals surface area contributed by atoms with Gasteiger partial charge in [-0.2, -0.15) is 0 Å². The summed E-state index contributed by atoms with van der Waals surface area (Å²) in [5.74, 6) is 0.729. The fourth-order valence-corrected chi connectivity index (χ4v) is 5.60. The van der Waals surface area contributed by atoms with Crippen LogP contribution in [-0.4, -0.2) is 19.6 Å². The highest BCUT2D eigenvalue weighted by Gasteiger charge is 2.33. The van der Waals surface area contributed by atoms with E-state index in [0.717, 1.165) is 16.6 Å². The number of benzene rings is 3. The maximum atomic E-state index is 13.9. The van der Waals surface area contributed by atoms with E-state index in [2.05, 4.69) is 0 Å². The standard InChI is InChI=1S/C23H23O3P/c1-26-20-15-13-19(14-16-20)23(17-22(24)18-9-5-3-6-10-18)27(2,25)21-11-7-4-8-12-21/h3-16,23H,17H2,1-2H3/t23-,27?/m0/s1. The van der Waals surface area contributed by atoms with Gasteiger partial charge >= 0.3 is 0 Å². The Labute approximate surface area is 160 Å². The molecule has 0 saturated carbocycles. The minimum atomic E-state index is -2.84. The number of ether oxygens (including phenoxy) is 1. The van der Waals surface area contributed by atoms with Crippen LogP contribution in [0.3, 0.4) is 0 Å². The van der Waals surface area contributed by atoms with Crippen LogP contribution in [0.1, 0.15) is 28.0 Å². The molecule has 4 heteroatoms. The van der Waals surface area contributed by atoms with Crippen LogP contribution in [0.15, 0.2) is 84.9 Å². The summed E-state index contributed by atoms with van der Waals surface area (Å²) in [6.07, 6.45) is 0.193. The molecule has 0 aliphatic carbocycles. The van der Waals surface area contributed by atoms with Gasteiger partial charge in [-0.1, -0.05) is 72.8 Å². The van der Waals surface area contributed by atoms with Gasteiger partial charge in [0.2, 0.25) is 0 Å². The lowest BCUT2D eigenvalue weighted by atomic mass is 10.0. The molecule has 0 radical (unpaired) electrons. The number of carbonyl (C=O) groups is 1. The summed E-state index contributed by atoms with van der Waals surface area (Å²) in [5.41, 5.74) is 1.14. The molecule has 0 fully saturated rings. The van der Waals surface area contributed by atoms with Crippen molar-refractivity contribution in [2.45, 2.75) is 12.1 Å². The largest absolute Gasteiger partial charge is 0.497 e. The summed E-state index contributed by atoms with van der Waals surface area (Å²) in [5, 5.41) is 0.784. The van der Waals surface area contributed by atoms with E-state index in [9.17, 15) is 9.36 Å². The van der Waals surface area contributed by atoms with Gasteiger partial charge in [0.15, 0.2) is 5.78 Å². The third-order valence-corrected chi connectivity index (χ3v) is 7.83. The van der Waals surface area contributed by atoms with E-state index >= 15 is 0 Å². The number of methoxy groups -OCH3 is 1. The first-order valence-electron chi connectivity index (χ1n) is 8.87. The summed E-state index contributed by atoms with van der Waals surface area (Å²) < 4.78 is 19.1. The minimum Gasteiger partial charge on any atom is -0.497 e. The van der Waals surface area contributed by atoms with Gasteiger partial charge < -0.3 is 9.30 Å². The Morgan fingerprint density at radius 2 is 1.44 bits per heavy atom. The molecule has 0 aliphatic heterocycles. The molecule has 0 spiro atoms. The Bertz CT molecular complexity index is 934. The second-order valence-corrected chi connectivity index (χ2v) is 9.73. The molecule has 0 bridgehead atoms. The molecule has 2 atom stereocenters. The maximum Gasteiger partial charge on any atom is 0.163 e. The lowest BCUT2D eigenvalue weighted by molar-refractivity contribution is 0.0981. The molecule has 0 saturated heterocycles. The normalized spacial score (nSPS) is 14.1. The van der Waals surface area contributed by atoms with Gasteiger partial charge in [-0.3, -0.25) is 4.79 Å². The van der Waals surface area contributed by atoms with Crippen LogP contribution in [0.5, 0.6) is 5.75 Å². The molecule has 0 aromatic heterocycles. The average Bonchev–Trinajstić information content (AvgIpc) is 2.73. The maximum absolute atomic E-state index is 13.9. The van der Waals surface area contributed by atoms with E-state index in [1.54, 1.807) is 25.9 Å². The van der Waals surface area contributed by atoms with E-state index in [-0.39, 0.29) is 12.2 Å². The molecule has 3 nitrogen and oxygen atoms in total. The first kappa shape index (κ1) is 19.1. The number of Topliss-reactive ketones (excluding diaryl/α,β-unsaturated/α-hetero) is 1. The van der Waals surface area contributed by atoms with E-state index in [4.69, 9.17) is 4.74 Å². The number of hydrogen-bond acceptors (Lipinski definition) is 3. The van der Waals surface area contributed by atoms with Crippen molar-refractivity contribution < 1.29 is 14.1 Å². The Hall–Kier alpha value is -2.64. The van der Waals surface area contributed by atoms with Gasteiger partial charge in [-0.15, -0.1) is 0 Å². The van der Waals surface area contributed by atoms with Crippen molar-refractivity contribution in [1.29, 1.82) is 0 Å². The van der Waals surface area contributed by atoms with Crippen LogP contribution in [-0.2, 0) is 4.57 Å². The summed E-state index contributed by atoms with van der Waals surface area (Å²) in [6.45, 7) is 1.77. The Morgan fingerprint density at radius 1 is 0.889 bits per heavy atom. The highest BCUT2D eigenvalue weighted by molar-refractivity contribution is 7.71. The highest BCUT2D eigenvalue weighted by atomic mass is 31.2. The first-order valence-corrected chi connectivity index (χ1v) is 11.1. The summed E-state index contributed by atoms with van der Waals surface area (Å²) in [7, 11) is -1.23. The van der Waals surface area contributed by atoms with Crippen LogP contribution >= 0.6 is 7.14 Å². The predicted molar refractivity (Wildman–Crippen MR) is 111 cm³/mol. The van der Waals surface area contributed by atoms with Crippen molar-refractivity contribution in [2.75, 3.05) is 13.8 Å². The topological polar surface area (TPSA) is 43.4 Å². The molecule has 1 unspecified atom stereocenters. The van der Waals surface area contributed by atoms with Crippen molar-refractivity contribution in [3.8, 4) is 5.75 Å². The minimum absolute atomic E-state index is 0.00516. The van der Waals surface area contributed by atoms with Crippen molar-refractivity contribution in [2.24, 2.45) is 0 Å². The van der Waals surface area contributed by atoms with Gasteiger partial charge in [0.05, 0.1) is 7.11 Å². The molecule has 3 aromatic carbocycles. The zero-order valence-electron chi connectivity index (χ0n) is 15.5.